The van der Waals surface area contributed by atoms with Crippen molar-refractivity contribution in [1.29, 1.82) is 0 Å². The molecule has 1 aromatic carbocycles. The minimum Gasteiger partial charge on any atom is -0.387 e. The van der Waals surface area contributed by atoms with E-state index >= 15 is 0 Å². The zero-order chi connectivity index (χ0) is 14.1. The molecule has 0 radical (unpaired) electrons. The lowest BCUT2D eigenvalue weighted by Gasteiger charge is -2.13. The van der Waals surface area contributed by atoms with Crippen LogP contribution in [0.1, 0.15) is 11.7 Å². The minimum absolute atomic E-state index is 0.0610. The maximum Gasteiger partial charge on any atom is 0.131 e. The Balaban J connectivity index is 2.26. The number of rotatable bonds is 9. The first-order valence-corrected chi connectivity index (χ1v) is 6.06. The molecular formula is C13H19F2NO3. The Hall–Kier alpha value is -1.08. The van der Waals surface area contributed by atoms with E-state index in [4.69, 9.17) is 9.47 Å². The van der Waals surface area contributed by atoms with E-state index in [1.807, 2.05) is 0 Å². The third-order valence-corrected chi connectivity index (χ3v) is 2.53. The van der Waals surface area contributed by atoms with Gasteiger partial charge in [0.2, 0.25) is 0 Å². The second kappa shape index (κ2) is 8.92. The van der Waals surface area contributed by atoms with Crippen LogP contribution >= 0.6 is 0 Å². The molecule has 0 fully saturated rings. The zero-order valence-electron chi connectivity index (χ0n) is 10.9. The summed E-state index contributed by atoms with van der Waals surface area (Å²) in [5.74, 6) is -1.49. The fraction of sp³-hybridized carbons (Fsp3) is 0.538. The summed E-state index contributed by atoms with van der Waals surface area (Å²) in [7, 11) is 1.58. The predicted molar refractivity (Wildman–Crippen MR) is 66.9 cm³/mol. The lowest BCUT2D eigenvalue weighted by atomic mass is 10.1. The van der Waals surface area contributed by atoms with Crippen LogP contribution in [-0.2, 0) is 9.47 Å². The summed E-state index contributed by atoms with van der Waals surface area (Å²) >= 11 is 0. The monoisotopic (exact) mass is 275 g/mol. The standard InChI is InChI=1S/C13H19F2NO3/c1-18-7-8-19-6-5-16-9-12(17)13-10(14)3-2-4-11(13)15/h2-4,12,16-17H,5-9H2,1H3. The summed E-state index contributed by atoms with van der Waals surface area (Å²) in [4.78, 5) is 0. The van der Waals surface area contributed by atoms with Crippen molar-refractivity contribution < 1.29 is 23.4 Å². The average Bonchev–Trinajstić information content (AvgIpc) is 2.37. The number of ether oxygens (including phenoxy) is 2. The van der Waals surface area contributed by atoms with Crippen molar-refractivity contribution in [2.45, 2.75) is 6.10 Å². The van der Waals surface area contributed by atoms with Gasteiger partial charge in [-0.05, 0) is 12.1 Å². The Kier molecular flexibility index (Phi) is 7.50. The molecule has 0 amide bonds. The van der Waals surface area contributed by atoms with Gasteiger partial charge in [-0.2, -0.15) is 0 Å². The van der Waals surface area contributed by atoms with E-state index < -0.39 is 17.7 Å². The highest BCUT2D eigenvalue weighted by atomic mass is 19.1. The molecule has 0 saturated heterocycles. The first-order valence-electron chi connectivity index (χ1n) is 6.06. The molecule has 0 aliphatic carbocycles. The van der Waals surface area contributed by atoms with E-state index in [0.29, 0.717) is 26.4 Å². The Labute approximate surface area is 111 Å². The first kappa shape index (κ1) is 16.0. The van der Waals surface area contributed by atoms with Crippen LogP contribution in [0.2, 0.25) is 0 Å². The van der Waals surface area contributed by atoms with Gasteiger partial charge in [-0.15, -0.1) is 0 Å². The molecule has 1 rings (SSSR count). The van der Waals surface area contributed by atoms with E-state index in [2.05, 4.69) is 5.32 Å². The van der Waals surface area contributed by atoms with Gasteiger partial charge < -0.3 is 19.9 Å². The van der Waals surface area contributed by atoms with Crippen molar-refractivity contribution in [2.75, 3.05) is 40.0 Å². The second-order valence-electron chi connectivity index (χ2n) is 3.96. The van der Waals surface area contributed by atoms with Crippen molar-refractivity contribution in [2.24, 2.45) is 0 Å². The van der Waals surface area contributed by atoms with Gasteiger partial charge in [0, 0.05) is 20.2 Å². The van der Waals surface area contributed by atoms with Crippen LogP contribution in [0.4, 0.5) is 8.78 Å². The number of nitrogens with one attached hydrogen (secondary N) is 1. The molecule has 0 bridgehead atoms. The lowest BCUT2D eigenvalue weighted by molar-refractivity contribution is 0.0702. The van der Waals surface area contributed by atoms with Gasteiger partial charge >= 0.3 is 0 Å². The van der Waals surface area contributed by atoms with Gasteiger partial charge in [-0.1, -0.05) is 6.07 Å². The fourth-order valence-electron chi connectivity index (χ4n) is 1.56. The number of hydrogen-bond acceptors (Lipinski definition) is 4. The third-order valence-electron chi connectivity index (χ3n) is 2.53. The van der Waals surface area contributed by atoms with E-state index in [1.54, 1.807) is 7.11 Å². The van der Waals surface area contributed by atoms with Crippen molar-refractivity contribution in [3.8, 4) is 0 Å². The van der Waals surface area contributed by atoms with Crippen molar-refractivity contribution in [1.82, 2.24) is 5.32 Å². The zero-order valence-corrected chi connectivity index (χ0v) is 10.9. The summed E-state index contributed by atoms with van der Waals surface area (Å²) in [6.45, 7) is 1.99. The molecule has 0 aromatic heterocycles. The molecule has 0 heterocycles. The molecule has 0 aliphatic heterocycles. The maximum absolute atomic E-state index is 13.3. The Bertz CT molecular complexity index is 357. The van der Waals surface area contributed by atoms with E-state index in [-0.39, 0.29) is 12.1 Å². The molecule has 108 valence electrons. The van der Waals surface area contributed by atoms with Gasteiger partial charge in [-0.3, -0.25) is 0 Å². The number of methoxy groups -OCH3 is 1. The largest absolute Gasteiger partial charge is 0.387 e. The summed E-state index contributed by atoms with van der Waals surface area (Å²) in [6, 6.07) is 3.50. The molecule has 0 aliphatic rings. The maximum atomic E-state index is 13.3. The smallest absolute Gasteiger partial charge is 0.131 e. The summed E-state index contributed by atoms with van der Waals surface area (Å²) in [6.07, 6.45) is -1.22. The van der Waals surface area contributed by atoms with Crippen molar-refractivity contribution in [3.63, 3.8) is 0 Å². The Morgan fingerprint density at radius 1 is 1.21 bits per heavy atom. The van der Waals surface area contributed by atoms with Gasteiger partial charge in [0.05, 0.1) is 31.5 Å². The normalized spacial score (nSPS) is 12.6. The van der Waals surface area contributed by atoms with Crippen molar-refractivity contribution >= 4 is 0 Å². The third kappa shape index (κ3) is 5.61. The fourth-order valence-corrected chi connectivity index (χ4v) is 1.56. The second-order valence-corrected chi connectivity index (χ2v) is 3.96. The predicted octanol–water partition coefficient (Wildman–Crippen LogP) is 1.25. The number of aliphatic hydroxyl groups is 1. The number of aliphatic hydroxyl groups excluding tert-OH is 1. The van der Waals surface area contributed by atoms with E-state index in [1.165, 1.54) is 6.07 Å². The van der Waals surface area contributed by atoms with Crippen LogP contribution in [0.15, 0.2) is 18.2 Å². The number of benzene rings is 1. The molecule has 1 unspecified atom stereocenters. The van der Waals surface area contributed by atoms with E-state index in [0.717, 1.165) is 12.1 Å². The summed E-state index contributed by atoms with van der Waals surface area (Å²) in [5.41, 5.74) is -0.310. The molecule has 1 atom stereocenters. The van der Waals surface area contributed by atoms with Gasteiger partial charge in [0.1, 0.15) is 11.6 Å². The van der Waals surface area contributed by atoms with Crippen LogP contribution in [-0.4, -0.2) is 45.1 Å². The van der Waals surface area contributed by atoms with Gasteiger partial charge in [-0.25, -0.2) is 8.78 Å². The van der Waals surface area contributed by atoms with Crippen LogP contribution in [0.3, 0.4) is 0 Å². The highest BCUT2D eigenvalue weighted by Crippen LogP contribution is 2.19. The topological polar surface area (TPSA) is 50.7 Å². The Morgan fingerprint density at radius 3 is 2.53 bits per heavy atom. The van der Waals surface area contributed by atoms with Crippen molar-refractivity contribution in [3.05, 3.63) is 35.4 Å². The van der Waals surface area contributed by atoms with Crippen LogP contribution in [0.5, 0.6) is 0 Å². The van der Waals surface area contributed by atoms with Crippen LogP contribution < -0.4 is 5.32 Å². The molecule has 19 heavy (non-hydrogen) atoms. The highest BCUT2D eigenvalue weighted by molar-refractivity contribution is 5.22. The molecule has 6 heteroatoms. The quantitative estimate of drug-likeness (QED) is 0.666. The highest BCUT2D eigenvalue weighted by Gasteiger charge is 2.16. The molecule has 0 spiro atoms. The summed E-state index contributed by atoms with van der Waals surface area (Å²) in [5, 5.41) is 12.6. The lowest BCUT2D eigenvalue weighted by Crippen LogP contribution is -2.26. The van der Waals surface area contributed by atoms with Crippen LogP contribution in [0.25, 0.3) is 0 Å². The molecule has 2 N–H and O–H groups in total. The van der Waals surface area contributed by atoms with E-state index in [9.17, 15) is 13.9 Å². The van der Waals surface area contributed by atoms with Gasteiger partial charge in [0.25, 0.3) is 0 Å². The average molecular weight is 275 g/mol. The molecule has 1 aromatic rings. The SMILES string of the molecule is COCCOCCNCC(O)c1c(F)cccc1F. The first-order chi connectivity index (χ1) is 9.16. The minimum atomic E-state index is -1.22. The molecule has 4 nitrogen and oxygen atoms in total. The number of hydrogen-bond donors (Lipinski definition) is 2. The van der Waals surface area contributed by atoms with Crippen LogP contribution in [0, 0.1) is 11.6 Å². The molecular weight excluding hydrogens is 256 g/mol. The number of halogens is 2. The molecule has 0 saturated carbocycles. The Morgan fingerprint density at radius 2 is 1.89 bits per heavy atom. The van der Waals surface area contributed by atoms with Gasteiger partial charge in [0.15, 0.2) is 0 Å². The summed E-state index contributed by atoms with van der Waals surface area (Å²) < 4.78 is 36.7.